The number of hydrogen-bond acceptors (Lipinski definition) is 2. The molecule has 0 spiro atoms. The van der Waals surface area contributed by atoms with E-state index in [1.165, 1.54) is 32.1 Å². The van der Waals surface area contributed by atoms with Crippen LogP contribution in [0.1, 0.15) is 49.5 Å². The lowest BCUT2D eigenvalue weighted by Gasteiger charge is -2.19. The summed E-state index contributed by atoms with van der Waals surface area (Å²) >= 11 is 6.30. The number of hydrogen-bond donors (Lipinski definition) is 1. The predicted octanol–water partition coefficient (Wildman–Crippen LogP) is 2.66. The van der Waals surface area contributed by atoms with E-state index in [4.69, 9.17) is 16.7 Å². The van der Waals surface area contributed by atoms with Crippen LogP contribution in [-0.2, 0) is 13.5 Å². The SMILES string of the molecule is Cn1c(CCO)nc(C2CCCCC2)c1Cl. The van der Waals surface area contributed by atoms with Gasteiger partial charge in [-0.3, -0.25) is 0 Å². The number of rotatable bonds is 3. The molecule has 0 saturated heterocycles. The van der Waals surface area contributed by atoms with Crippen LogP contribution in [0.5, 0.6) is 0 Å². The van der Waals surface area contributed by atoms with Crippen LogP contribution in [0.2, 0.25) is 5.15 Å². The van der Waals surface area contributed by atoms with Crippen LogP contribution in [0.15, 0.2) is 0 Å². The van der Waals surface area contributed by atoms with Crippen molar-refractivity contribution in [1.82, 2.24) is 9.55 Å². The van der Waals surface area contributed by atoms with Gasteiger partial charge < -0.3 is 9.67 Å². The molecule has 1 aromatic heterocycles. The van der Waals surface area contributed by atoms with Gasteiger partial charge in [-0.25, -0.2) is 4.98 Å². The molecule has 0 amide bonds. The Kier molecular flexibility index (Phi) is 3.87. The number of aromatic nitrogens is 2. The molecular weight excluding hydrogens is 224 g/mol. The Morgan fingerprint density at radius 3 is 2.69 bits per heavy atom. The van der Waals surface area contributed by atoms with Crippen molar-refractivity contribution < 1.29 is 5.11 Å². The van der Waals surface area contributed by atoms with E-state index in [0.717, 1.165) is 16.7 Å². The summed E-state index contributed by atoms with van der Waals surface area (Å²) in [4.78, 5) is 4.59. The summed E-state index contributed by atoms with van der Waals surface area (Å²) in [6, 6.07) is 0. The van der Waals surface area contributed by atoms with E-state index in [1.807, 2.05) is 11.6 Å². The minimum Gasteiger partial charge on any atom is -0.396 e. The topological polar surface area (TPSA) is 38.0 Å². The van der Waals surface area contributed by atoms with Crippen LogP contribution in [0.25, 0.3) is 0 Å². The number of halogens is 1. The van der Waals surface area contributed by atoms with Crippen molar-refractivity contribution in [2.24, 2.45) is 7.05 Å². The molecule has 3 nitrogen and oxygen atoms in total. The van der Waals surface area contributed by atoms with Crippen LogP contribution in [0.4, 0.5) is 0 Å². The molecule has 1 aliphatic rings. The Bertz CT molecular complexity index is 356. The first-order valence-electron chi connectivity index (χ1n) is 6.06. The Morgan fingerprint density at radius 1 is 1.38 bits per heavy atom. The van der Waals surface area contributed by atoms with Crippen molar-refractivity contribution >= 4 is 11.6 Å². The lowest BCUT2D eigenvalue weighted by Crippen LogP contribution is -2.05. The highest BCUT2D eigenvalue weighted by molar-refractivity contribution is 6.30. The standard InChI is InChI=1S/C12H19ClN2O/c1-15-10(7-8-16)14-11(12(15)13)9-5-3-2-4-6-9/h9,16H,2-8H2,1H3. The third kappa shape index (κ3) is 2.25. The molecule has 0 aliphatic heterocycles. The van der Waals surface area contributed by atoms with E-state index in [2.05, 4.69) is 4.98 Å². The van der Waals surface area contributed by atoms with Crippen molar-refractivity contribution in [3.8, 4) is 0 Å². The smallest absolute Gasteiger partial charge is 0.132 e. The van der Waals surface area contributed by atoms with Crippen LogP contribution >= 0.6 is 11.6 Å². The van der Waals surface area contributed by atoms with Gasteiger partial charge in [0.1, 0.15) is 11.0 Å². The Balaban J connectivity index is 2.22. The van der Waals surface area contributed by atoms with E-state index >= 15 is 0 Å². The first kappa shape index (κ1) is 11.9. The minimum absolute atomic E-state index is 0.130. The molecule has 1 heterocycles. The van der Waals surface area contributed by atoms with Gasteiger partial charge in [-0.15, -0.1) is 0 Å². The fourth-order valence-corrected chi connectivity index (χ4v) is 2.80. The van der Waals surface area contributed by atoms with Crippen LogP contribution in [0.3, 0.4) is 0 Å². The molecule has 2 rings (SSSR count). The highest BCUT2D eigenvalue weighted by Gasteiger charge is 2.23. The van der Waals surface area contributed by atoms with Gasteiger partial charge >= 0.3 is 0 Å². The average Bonchev–Trinajstić information content (AvgIpc) is 2.59. The van der Waals surface area contributed by atoms with Crippen molar-refractivity contribution in [3.63, 3.8) is 0 Å². The van der Waals surface area contributed by atoms with Crippen molar-refractivity contribution in [3.05, 3.63) is 16.7 Å². The Hall–Kier alpha value is -0.540. The lowest BCUT2D eigenvalue weighted by atomic mass is 9.87. The van der Waals surface area contributed by atoms with Crippen LogP contribution in [0, 0.1) is 0 Å². The number of aliphatic hydroxyl groups is 1. The van der Waals surface area contributed by atoms with Crippen LogP contribution < -0.4 is 0 Å². The zero-order valence-electron chi connectivity index (χ0n) is 9.75. The molecule has 0 aromatic carbocycles. The van der Waals surface area contributed by atoms with Crippen molar-refractivity contribution in [1.29, 1.82) is 0 Å². The minimum atomic E-state index is 0.130. The first-order chi connectivity index (χ1) is 7.74. The summed E-state index contributed by atoms with van der Waals surface area (Å²) in [6.45, 7) is 0.130. The summed E-state index contributed by atoms with van der Waals surface area (Å²) in [5.41, 5.74) is 1.05. The third-order valence-corrected chi connectivity index (χ3v) is 3.92. The van der Waals surface area contributed by atoms with E-state index in [9.17, 15) is 0 Å². The normalized spacial score (nSPS) is 17.9. The number of imidazole rings is 1. The fraction of sp³-hybridized carbons (Fsp3) is 0.750. The maximum atomic E-state index is 8.96. The molecule has 0 radical (unpaired) electrons. The predicted molar refractivity (Wildman–Crippen MR) is 64.8 cm³/mol. The second-order valence-corrected chi connectivity index (χ2v) is 4.93. The number of aliphatic hydroxyl groups excluding tert-OH is 1. The maximum absolute atomic E-state index is 8.96. The Morgan fingerprint density at radius 2 is 2.06 bits per heavy atom. The number of nitrogens with zero attached hydrogens (tertiary/aromatic N) is 2. The highest BCUT2D eigenvalue weighted by Crippen LogP contribution is 2.35. The summed E-state index contributed by atoms with van der Waals surface area (Å²) in [6.07, 6.45) is 6.90. The Labute approximate surface area is 101 Å². The summed E-state index contributed by atoms with van der Waals surface area (Å²) < 4.78 is 1.90. The monoisotopic (exact) mass is 242 g/mol. The second kappa shape index (κ2) is 5.19. The largest absolute Gasteiger partial charge is 0.396 e. The van der Waals surface area contributed by atoms with E-state index < -0.39 is 0 Å². The van der Waals surface area contributed by atoms with Gasteiger partial charge in [-0.2, -0.15) is 0 Å². The quantitative estimate of drug-likeness (QED) is 0.885. The van der Waals surface area contributed by atoms with Gasteiger partial charge in [-0.1, -0.05) is 30.9 Å². The summed E-state index contributed by atoms with van der Waals surface area (Å²) in [7, 11) is 1.92. The van der Waals surface area contributed by atoms with Crippen LogP contribution in [-0.4, -0.2) is 21.3 Å². The molecule has 1 N–H and O–H groups in total. The lowest BCUT2D eigenvalue weighted by molar-refractivity contribution is 0.295. The van der Waals surface area contributed by atoms with Gasteiger partial charge in [0.25, 0.3) is 0 Å². The van der Waals surface area contributed by atoms with Gasteiger partial charge in [0.2, 0.25) is 0 Å². The summed E-state index contributed by atoms with van der Waals surface area (Å²) in [5.74, 6) is 1.42. The molecule has 0 unspecified atom stereocenters. The molecule has 1 aliphatic carbocycles. The van der Waals surface area contributed by atoms with Gasteiger partial charge in [0, 0.05) is 19.4 Å². The molecule has 0 atom stereocenters. The molecule has 0 bridgehead atoms. The third-order valence-electron chi connectivity index (χ3n) is 3.47. The first-order valence-corrected chi connectivity index (χ1v) is 6.43. The molecule has 1 fully saturated rings. The zero-order chi connectivity index (χ0) is 11.5. The highest BCUT2D eigenvalue weighted by atomic mass is 35.5. The van der Waals surface area contributed by atoms with Gasteiger partial charge in [-0.05, 0) is 12.8 Å². The molecule has 1 aromatic rings. The molecule has 90 valence electrons. The average molecular weight is 243 g/mol. The molecular formula is C12H19ClN2O. The van der Waals surface area contributed by atoms with Gasteiger partial charge in [0.05, 0.1) is 12.3 Å². The van der Waals surface area contributed by atoms with E-state index in [-0.39, 0.29) is 6.61 Å². The van der Waals surface area contributed by atoms with Crippen molar-refractivity contribution in [2.75, 3.05) is 6.61 Å². The fourth-order valence-electron chi connectivity index (χ4n) is 2.50. The second-order valence-electron chi connectivity index (χ2n) is 4.57. The maximum Gasteiger partial charge on any atom is 0.132 e. The van der Waals surface area contributed by atoms with Gasteiger partial charge in [0.15, 0.2) is 0 Å². The molecule has 16 heavy (non-hydrogen) atoms. The van der Waals surface area contributed by atoms with Crippen molar-refractivity contribution in [2.45, 2.75) is 44.4 Å². The molecule has 4 heteroatoms. The van der Waals surface area contributed by atoms with E-state index in [0.29, 0.717) is 12.3 Å². The van der Waals surface area contributed by atoms with E-state index in [1.54, 1.807) is 0 Å². The zero-order valence-corrected chi connectivity index (χ0v) is 10.5. The molecule has 1 saturated carbocycles. The summed E-state index contributed by atoms with van der Waals surface area (Å²) in [5, 5.41) is 9.72.